The van der Waals surface area contributed by atoms with Gasteiger partial charge in [0.25, 0.3) is 0 Å². The lowest BCUT2D eigenvalue weighted by Gasteiger charge is -2.19. The molecule has 1 heterocycles. The predicted octanol–water partition coefficient (Wildman–Crippen LogP) is 1.49. The maximum atomic E-state index is 5.36. The van der Waals surface area contributed by atoms with E-state index in [2.05, 4.69) is 24.1 Å². The molecule has 0 bridgehead atoms. The number of ether oxygens (including phenoxy) is 1. The van der Waals surface area contributed by atoms with Crippen molar-refractivity contribution >= 4 is 0 Å². The highest BCUT2D eigenvalue weighted by molar-refractivity contribution is 4.73. The summed E-state index contributed by atoms with van der Waals surface area (Å²) in [5.41, 5.74) is 0. The fraction of sp³-hybridized carbons (Fsp3) is 1.00. The molecule has 0 aromatic rings. The van der Waals surface area contributed by atoms with Gasteiger partial charge in [0.15, 0.2) is 0 Å². The second-order valence-electron chi connectivity index (χ2n) is 4.24. The van der Waals surface area contributed by atoms with Gasteiger partial charge in [-0.25, -0.2) is 0 Å². The Morgan fingerprint density at radius 3 is 2.93 bits per heavy atom. The lowest BCUT2D eigenvalue weighted by atomic mass is 10.1. The Morgan fingerprint density at radius 2 is 2.20 bits per heavy atom. The normalized spacial score (nSPS) is 24.0. The smallest absolute Gasteiger partial charge is 0.0478 e. The van der Waals surface area contributed by atoms with Gasteiger partial charge < -0.3 is 15.0 Å². The lowest BCUT2D eigenvalue weighted by molar-refractivity contribution is 0.133. The fourth-order valence-corrected chi connectivity index (χ4v) is 2.09. The highest BCUT2D eigenvalue weighted by Crippen LogP contribution is 2.05. The van der Waals surface area contributed by atoms with Crippen LogP contribution < -0.4 is 5.32 Å². The average Bonchev–Trinajstić information content (AvgIpc) is 2.49. The first kappa shape index (κ1) is 12.9. The number of hydrogen-bond acceptors (Lipinski definition) is 3. The number of hydrogen-bond donors (Lipinski definition) is 1. The summed E-state index contributed by atoms with van der Waals surface area (Å²) in [5, 5.41) is 3.59. The molecule has 0 radical (unpaired) electrons. The summed E-state index contributed by atoms with van der Waals surface area (Å²) >= 11 is 0. The fourth-order valence-electron chi connectivity index (χ4n) is 2.09. The molecule has 0 aromatic heterocycles. The third kappa shape index (κ3) is 5.50. The van der Waals surface area contributed by atoms with Crippen molar-refractivity contribution in [3.63, 3.8) is 0 Å². The molecule has 0 aromatic carbocycles. The van der Waals surface area contributed by atoms with Gasteiger partial charge in [0.2, 0.25) is 0 Å². The summed E-state index contributed by atoms with van der Waals surface area (Å²) < 4.78 is 5.36. The Balaban J connectivity index is 2.08. The van der Waals surface area contributed by atoms with Crippen LogP contribution in [0.4, 0.5) is 0 Å². The Morgan fingerprint density at radius 1 is 1.33 bits per heavy atom. The van der Waals surface area contributed by atoms with E-state index in [0.29, 0.717) is 0 Å². The van der Waals surface area contributed by atoms with Gasteiger partial charge in [-0.2, -0.15) is 0 Å². The Bertz CT molecular complexity index is 153. The molecule has 1 unspecified atom stereocenters. The summed E-state index contributed by atoms with van der Waals surface area (Å²) in [6, 6.07) is 0.738. The monoisotopic (exact) mass is 214 g/mol. The van der Waals surface area contributed by atoms with Crippen molar-refractivity contribution in [2.75, 3.05) is 39.4 Å². The van der Waals surface area contributed by atoms with Crippen molar-refractivity contribution < 1.29 is 4.74 Å². The van der Waals surface area contributed by atoms with Crippen molar-refractivity contribution in [1.82, 2.24) is 10.2 Å². The first-order valence-electron chi connectivity index (χ1n) is 6.40. The second kappa shape index (κ2) is 8.08. The molecule has 0 amide bonds. The van der Waals surface area contributed by atoms with Crippen LogP contribution in [0.15, 0.2) is 0 Å². The maximum absolute atomic E-state index is 5.36. The molecule has 0 aliphatic carbocycles. The minimum absolute atomic E-state index is 0.738. The van der Waals surface area contributed by atoms with E-state index in [1.165, 1.54) is 38.9 Å². The zero-order valence-corrected chi connectivity index (χ0v) is 10.3. The SMILES string of the molecule is CCOCCCN1CCNC(CC)CC1. The van der Waals surface area contributed by atoms with E-state index in [4.69, 9.17) is 4.74 Å². The Kier molecular flexibility index (Phi) is 6.98. The molecule has 1 fully saturated rings. The van der Waals surface area contributed by atoms with E-state index in [1.807, 2.05) is 0 Å². The topological polar surface area (TPSA) is 24.5 Å². The molecular weight excluding hydrogens is 188 g/mol. The summed E-state index contributed by atoms with van der Waals surface area (Å²) in [7, 11) is 0. The predicted molar refractivity (Wildman–Crippen MR) is 64.2 cm³/mol. The van der Waals surface area contributed by atoms with E-state index >= 15 is 0 Å². The van der Waals surface area contributed by atoms with Gasteiger partial charge in [0.05, 0.1) is 0 Å². The van der Waals surface area contributed by atoms with Crippen molar-refractivity contribution in [2.45, 2.75) is 39.2 Å². The van der Waals surface area contributed by atoms with Crippen LogP contribution >= 0.6 is 0 Å². The molecule has 1 N–H and O–H groups in total. The first-order valence-corrected chi connectivity index (χ1v) is 6.40. The molecule has 1 aliphatic heterocycles. The van der Waals surface area contributed by atoms with Crippen molar-refractivity contribution in [2.24, 2.45) is 0 Å². The van der Waals surface area contributed by atoms with Gasteiger partial charge >= 0.3 is 0 Å². The quantitative estimate of drug-likeness (QED) is 0.678. The van der Waals surface area contributed by atoms with Crippen LogP contribution in [-0.4, -0.2) is 50.3 Å². The molecule has 1 saturated heterocycles. The van der Waals surface area contributed by atoms with Gasteiger partial charge in [-0.3, -0.25) is 0 Å². The molecule has 3 nitrogen and oxygen atoms in total. The average molecular weight is 214 g/mol. The number of rotatable bonds is 6. The third-order valence-corrected chi connectivity index (χ3v) is 3.11. The van der Waals surface area contributed by atoms with Gasteiger partial charge in [0.1, 0.15) is 0 Å². The van der Waals surface area contributed by atoms with Crippen LogP contribution in [-0.2, 0) is 4.74 Å². The van der Waals surface area contributed by atoms with Crippen LogP contribution in [0.3, 0.4) is 0 Å². The van der Waals surface area contributed by atoms with E-state index < -0.39 is 0 Å². The molecular formula is C12H26N2O. The summed E-state index contributed by atoms with van der Waals surface area (Å²) in [6.45, 7) is 10.9. The number of nitrogens with zero attached hydrogens (tertiary/aromatic N) is 1. The molecule has 3 heteroatoms. The van der Waals surface area contributed by atoms with Crippen LogP contribution in [0.25, 0.3) is 0 Å². The van der Waals surface area contributed by atoms with E-state index in [1.54, 1.807) is 0 Å². The zero-order chi connectivity index (χ0) is 10.9. The van der Waals surface area contributed by atoms with Crippen LogP contribution in [0, 0.1) is 0 Å². The summed E-state index contributed by atoms with van der Waals surface area (Å²) in [4.78, 5) is 2.56. The van der Waals surface area contributed by atoms with Crippen LogP contribution in [0.1, 0.15) is 33.1 Å². The molecule has 90 valence electrons. The lowest BCUT2D eigenvalue weighted by Crippen LogP contribution is -2.30. The third-order valence-electron chi connectivity index (χ3n) is 3.11. The van der Waals surface area contributed by atoms with Gasteiger partial charge in [-0.05, 0) is 32.7 Å². The minimum atomic E-state index is 0.738. The molecule has 0 spiro atoms. The molecule has 0 saturated carbocycles. The molecule has 1 rings (SSSR count). The van der Waals surface area contributed by atoms with Crippen molar-refractivity contribution in [3.05, 3.63) is 0 Å². The zero-order valence-electron chi connectivity index (χ0n) is 10.3. The van der Waals surface area contributed by atoms with E-state index in [0.717, 1.165) is 25.8 Å². The molecule has 15 heavy (non-hydrogen) atoms. The molecule has 1 aliphatic rings. The van der Waals surface area contributed by atoms with Crippen molar-refractivity contribution in [1.29, 1.82) is 0 Å². The minimum Gasteiger partial charge on any atom is -0.382 e. The summed E-state index contributed by atoms with van der Waals surface area (Å²) in [5.74, 6) is 0. The number of nitrogens with one attached hydrogen (secondary N) is 1. The van der Waals surface area contributed by atoms with Crippen molar-refractivity contribution in [3.8, 4) is 0 Å². The summed E-state index contributed by atoms with van der Waals surface area (Å²) in [6.07, 6.45) is 3.72. The van der Waals surface area contributed by atoms with Crippen LogP contribution in [0.2, 0.25) is 0 Å². The van der Waals surface area contributed by atoms with E-state index in [-0.39, 0.29) is 0 Å². The Hall–Kier alpha value is -0.120. The standard InChI is InChI=1S/C12H26N2O/c1-3-12-6-9-14(10-7-13-12)8-5-11-15-4-2/h12-13H,3-11H2,1-2H3. The largest absolute Gasteiger partial charge is 0.382 e. The molecule has 1 atom stereocenters. The van der Waals surface area contributed by atoms with E-state index in [9.17, 15) is 0 Å². The van der Waals surface area contributed by atoms with Gasteiger partial charge in [-0.15, -0.1) is 0 Å². The highest BCUT2D eigenvalue weighted by Gasteiger charge is 2.13. The van der Waals surface area contributed by atoms with Gasteiger partial charge in [0, 0.05) is 38.9 Å². The first-order chi connectivity index (χ1) is 7.36. The highest BCUT2D eigenvalue weighted by atomic mass is 16.5. The van der Waals surface area contributed by atoms with Gasteiger partial charge in [-0.1, -0.05) is 6.92 Å². The van der Waals surface area contributed by atoms with Crippen LogP contribution in [0.5, 0.6) is 0 Å². The maximum Gasteiger partial charge on any atom is 0.0478 e. The Labute approximate surface area is 94.2 Å². The second-order valence-corrected chi connectivity index (χ2v) is 4.24.